The van der Waals surface area contributed by atoms with E-state index < -0.39 is 35.3 Å². The van der Waals surface area contributed by atoms with E-state index in [9.17, 15) is 38.5 Å². The summed E-state index contributed by atoms with van der Waals surface area (Å²) >= 11 is 0. The minimum absolute atomic E-state index is 0.00370. The molecule has 2 aliphatic heterocycles. The molecule has 2 N–H and O–H groups in total. The van der Waals surface area contributed by atoms with E-state index in [0.717, 1.165) is 11.1 Å². The molecule has 8 fully saturated rings. The van der Waals surface area contributed by atoms with E-state index in [0.29, 0.717) is 77.0 Å². The molecule has 2 saturated heterocycles. The number of likely N-dealkylation sites (tertiary alicyclic amines) is 2. The first-order chi connectivity index (χ1) is 25.9. The van der Waals surface area contributed by atoms with Crippen LogP contribution in [-0.4, -0.2) is 95.2 Å². The summed E-state index contributed by atoms with van der Waals surface area (Å²) in [6, 6.07) is 10.5. The highest BCUT2D eigenvalue weighted by atomic mass is 19.1. The van der Waals surface area contributed by atoms with Crippen LogP contribution in [0.25, 0.3) is 0 Å². The van der Waals surface area contributed by atoms with Crippen LogP contribution in [0.5, 0.6) is 0 Å². The third kappa shape index (κ3) is 7.83. The molecule has 4 atom stereocenters. The van der Waals surface area contributed by atoms with Gasteiger partial charge in [-0.2, -0.15) is 10.5 Å². The second-order valence-corrected chi connectivity index (χ2v) is 17.0. The van der Waals surface area contributed by atoms with E-state index in [1.165, 1.54) is 0 Å². The number of esters is 2. The highest BCUT2D eigenvalue weighted by Gasteiger charge is 2.55. The number of hydrogen-bond donors (Lipinski definition) is 2. The average molecular weight is 749 g/mol. The molecule has 0 spiro atoms. The van der Waals surface area contributed by atoms with Crippen LogP contribution in [0.2, 0.25) is 0 Å². The zero-order chi connectivity index (χ0) is 38.1. The number of amides is 2. The van der Waals surface area contributed by atoms with Crippen molar-refractivity contribution in [3.8, 4) is 12.1 Å². The van der Waals surface area contributed by atoms with Gasteiger partial charge in [0.25, 0.3) is 0 Å². The van der Waals surface area contributed by atoms with Crippen molar-refractivity contribution in [2.45, 2.75) is 139 Å². The van der Waals surface area contributed by atoms with Gasteiger partial charge in [-0.3, -0.25) is 29.0 Å². The number of fused-ring (bicyclic) bond motifs is 6. The Bertz CT molecular complexity index is 1540. The van der Waals surface area contributed by atoms with Crippen LogP contribution in [0.1, 0.15) is 101 Å². The van der Waals surface area contributed by atoms with Crippen molar-refractivity contribution < 1.29 is 37.4 Å². The summed E-state index contributed by atoms with van der Waals surface area (Å²) in [5.74, 6) is -0.858. The van der Waals surface area contributed by atoms with Crippen molar-refractivity contribution in [1.29, 1.82) is 10.5 Å². The standard InChI is InChI=1S/C40H50F2N6O6/c41-29-17-31(19-43)47(21-29)23-33(49)45-39-11-5-37(6-12-39,7-13-39)35(51)53-25-27-1-2-28(4-3-27)26-54-36(52)38-8-14-40(15-9-38,16-10-38)46-34(50)24-48-22-30(42)18-32(48)20-44/h1-4,29-32H,5-18,21-26H2,(H,45,49)(H,46,50)/t29-,30-,31-,32-,37?,38?,39?,40?/m0/s1. The lowest BCUT2D eigenvalue weighted by Gasteiger charge is -2.52. The van der Waals surface area contributed by atoms with E-state index in [2.05, 4.69) is 22.8 Å². The van der Waals surface area contributed by atoms with Crippen LogP contribution in [-0.2, 0) is 41.9 Å². The first kappa shape index (κ1) is 38.1. The lowest BCUT2D eigenvalue weighted by molar-refractivity contribution is -0.166. The maximum atomic E-state index is 13.8. The maximum Gasteiger partial charge on any atom is 0.312 e. The minimum atomic E-state index is -1.09. The van der Waals surface area contributed by atoms with Gasteiger partial charge in [0.2, 0.25) is 11.8 Å². The predicted octanol–water partition coefficient (Wildman–Crippen LogP) is 4.06. The number of alkyl halides is 2. The first-order valence-electron chi connectivity index (χ1n) is 19.5. The number of nitrogens with one attached hydrogen (secondary N) is 2. The summed E-state index contributed by atoms with van der Waals surface area (Å²) in [7, 11) is 0. The molecule has 2 heterocycles. The Morgan fingerprint density at radius 3 is 1.28 bits per heavy atom. The Labute approximate surface area is 314 Å². The third-order valence-corrected chi connectivity index (χ3v) is 13.6. The van der Waals surface area contributed by atoms with Crippen molar-refractivity contribution in [1.82, 2.24) is 20.4 Å². The van der Waals surface area contributed by atoms with Gasteiger partial charge in [-0.05, 0) is 88.2 Å². The van der Waals surface area contributed by atoms with Crippen LogP contribution in [0.3, 0.4) is 0 Å². The number of nitrogens with zero attached hydrogens (tertiary/aromatic N) is 4. The lowest BCUT2D eigenvalue weighted by Crippen LogP contribution is -2.59. The number of hydrogen-bond acceptors (Lipinski definition) is 10. The second-order valence-electron chi connectivity index (χ2n) is 17.0. The molecule has 0 radical (unpaired) electrons. The van der Waals surface area contributed by atoms with Gasteiger partial charge in [-0.15, -0.1) is 0 Å². The zero-order valence-corrected chi connectivity index (χ0v) is 30.8. The van der Waals surface area contributed by atoms with E-state index in [1.807, 2.05) is 24.3 Å². The largest absolute Gasteiger partial charge is 0.460 e. The van der Waals surface area contributed by atoms with Gasteiger partial charge in [0.05, 0.1) is 36.1 Å². The molecule has 12 nitrogen and oxygen atoms in total. The summed E-state index contributed by atoms with van der Waals surface area (Å²) in [5.41, 5.74) is -0.254. The van der Waals surface area contributed by atoms with Gasteiger partial charge in [0.15, 0.2) is 0 Å². The van der Waals surface area contributed by atoms with Crippen LogP contribution >= 0.6 is 0 Å². The summed E-state index contributed by atoms with van der Waals surface area (Å²) in [6.07, 6.45) is 5.79. The predicted molar refractivity (Wildman–Crippen MR) is 189 cm³/mol. The number of halogens is 2. The number of benzene rings is 1. The fourth-order valence-corrected chi connectivity index (χ4v) is 10.0. The molecule has 54 heavy (non-hydrogen) atoms. The number of ether oxygens (including phenoxy) is 2. The smallest absolute Gasteiger partial charge is 0.312 e. The molecule has 6 saturated carbocycles. The summed E-state index contributed by atoms with van der Waals surface area (Å²) < 4.78 is 39.2. The molecule has 8 aliphatic rings. The number of carbonyl (C=O) groups is 4. The van der Waals surface area contributed by atoms with Gasteiger partial charge in [-0.1, -0.05) is 24.3 Å². The van der Waals surface area contributed by atoms with Gasteiger partial charge >= 0.3 is 11.9 Å². The topological polar surface area (TPSA) is 165 Å². The molecular formula is C40H50F2N6O6. The molecule has 0 unspecified atom stereocenters. The monoisotopic (exact) mass is 748 g/mol. The average Bonchev–Trinajstić information content (AvgIpc) is 3.73. The fraction of sp³-hybridized carbons (Fsp3) is 0.700. The van der Waals surface area contributed by atoms with Crippen LogP contribution in [0.15, 0.2) is 24.3 Å². The SMILES string of the molecule is N#C[C@@H]1C[C@H](F)CN1CC(=O)NC12CCC(C(=O)OCc3ccc(COC(=O)C45CCC(NC(=O)CN6C[C@@H](F)C[C@H]6C#N)(CC4)CC5)cc3)(CC1)CC2. The summed E-state index contributed by atoms with van der Waals surface area (Å²) in [5, 5.41) is 24.9. The first-order valence-corrected chi connectivity index (χ1v) is 19.5. The number of carbonyl (C=O) groups excluding carboxylic acids is 4. The molecular weight excluding hydrogens is 698 g/mol. The molecule has 2 amide bonds. The van der Waals surface area contributed by atoms with Crippen LogP contribution < -0.4 is 10.6 Å². The Kier molecular flexibility index (Phi) is 10.7. The van der Waals surface area contributed by atoms with Gasteiger partial charge in [0.1, 0.15) is 37.6 Å². The van der Waals surface area contributed by atoms with E-state index in [1.54, 1.807) is 9.80 Å². The second kappa shape index (κ2) is 15.2. The number of rotatable bonds is 12. The van der Waals surface area contributed by atoms with E-state index in [4.69, 9.17) is 9.47 Å². The Morgan fingerprint density at radius 1 is 0.630 bits per heavy atom. The Hall–Kier alpha value is -4.14. The molecule has 1 aromatic carbocycles. The van der Waals surface area contributed by atoms with Gasteiger partial charge < -0.3 is 20.1 Å². The molecule has 1 aromatic rings. The summed E-state index contributed by atoms with van der Waals surface area (Å²) in [6.45, 7) is 0.432. The molecule has 14 heteroatoms. The molecule has 6 aliphatic carbocycles. The van der Waals surface area contributed by atoms with Crippen molar-refractivity contribution in [3.63, 3.8) is 0 Å². The Morgan fingerprint density at radius 2 is 0.963 bits per heavy atom. The number of nitriles is 2. The van der Waals surface area contributed by atoms with Gasteiger partial charge in [-0.25, -0.2) is 8.78 Å². The van der Waals surface area contributed by atoms with Crippen molar-refractivity contribution in [3.05, 3.63) is 35.4 Å². The third-order valence-electron chi connectivity index (χ3n) is 13.6. The van der Waals surface area contributed by atoms with Crippen molar-refractivity contribution >= 4 is 23.8 Å². The molecule has 290 valence electrons. The molecule has 9 rings (SSSR count). The fourth-order valence-electron chi connectivity index (χ4n) is 10.0. The van der Waals surface area contributed by atoms with Crippen LogP contribution in [0, 0.1) is 33.5 Å². The van der Waals surface area contributed by atoms with Gasteiger partial charge in [0, 0.05) is 37.0 Å². The quantitative estimate of drug-likeness (QED) is 0.298. The highest BCUT2D eigenvalue weighted by molar-refractivity contribution is 5.81. The normalized spacial score (nSPS) is 35.9. The summed E-state index contributed by atoms with van der Waals surface area (Å²) in [4.78, 5) is 55.6. The van der Waals surface area contributed by atoms with Crippen molar-refractivity contribution in [2.75, 3.05) is 26.2 Å². The highest BCUT2D eigenvalue weighted by Crippen LogP contribution is 2.54. The van der Waals surface area contributed by atoms with Crippen LogP contribution in [0.4, 0.5) is 8.78 Å². The molecule has 0 aromatic heterocycles. The van der Waals surface area contributed by atoms with E-state index >= 15 is 0 Å². The van der Waals surface area contributed by atoms with E-state index in [-0.39, 0.29) is 87.1 Å². The minimum Gasteiger partial charge on any atom is -0.460 e. The zero-order valence-electron chi connectivity index (χ0n) is 30.8. The maximum absolute atomic E-state index is 13.8. The lowest BCUT2D eigenvalue weighted by atomic mass is 9.57. The molecule has 4 bridgehead atoms. The van der Waals surface area contributed by atoms with Crippen molar-refractivity contribution in [2.24, 2.45) is 10.8 Å². The Balaban J connectivity index is 0.818.